The number of aromatic nitrogens is 4. The van der Waals surface area contributed by atoms with Gasteiger partial charge in [-0.05, 0) is 25.0 Å². The number of nitrogens with one attached hydrogen (secondary N) is 3. The number of para-hydroxylation sites is 1. The molecule has 1 aliphatic rings. The molecule has 0 radical (unpaired) electrons. The molecule has 146 valence electrons. The monoisotopic (exact) mass is 381 g/mol. The van der Waals surface area contributed by atoms with Crippen LogP contribution in [-0.2, 0) is 11.8 Å². The van der Waals surface area contributed by atoms with Crippen molar-refractivity contribution < 1.29 is 4.79 Å². The van der Waals surface area contributed by atoms with E-state index >= 15 is 0 Å². The first-order chi connectivity index (χ1) is 13.6. The molecule has 1 amide bonds. The van der Waals surface area contributed by atoms with Gasteiger partial charge in [0, 0.05) is 31.9 Å². The van der Waals surface area contributed by atoms with Gasteiger partial charge in [-0.1, -0.05) is 18.2 Å². The number of amides is 1. The maximum absolute atomic E-state index is 12.2. The second kappa shape index (κ2) is 7.81. The number of hydrogen-bond donors (Lipinski definition) is 3. The second-order valence-corrected chi connectivity index (χ2v) is 7.03. The Morgan fingerprint density at radius 1 is 1.25 bits per heavy atom. The van der Waals surface area contributed by atoms with E-state index in [4.69, 9.17) is 0 Å². The third-order valence-corrected chi connectivity index (χ3v) is 4.95. The van der Waals surface area contributed by atoms with E-state index in [0.717, 1.165) is 31.6 Å². The molecule has 3 aromatic rings. The predicted octanol–water partition coefficient (Wildman–Crippen LogP) is 1.17. The summed E-state index contributed by atoms with van der Waals surface area (Å²) in [7, 11) is 1.76. The Morgan fingerprint density at radius 2 is 2.00 bits per heavy atom. The molecule has 1 fully saturated rings. The average Bonchev–Trinajstić information content (AvgIpc) is 3.06. The van der Waals surface area contributed by atoms with Crippen molar-refractivity contribution in [3.63, 3.8) is 0 Å². The van der Waals surface area contributed by atoms with E-state index in [1.807, 2.05) is 30.3 Å². The van der Waals surface area contributed by atoms with Crippen LogP contribution in [-0.4, -0.2) is 56.2 Å². The number of hydrogen-bond acceptors (Lipinski definition) is 6. The molecule has 9 nitrogen and oxygen atoms in total. The minimum atomic E-state index is -0.199. The van der Waals surface area contributed by atoms with E-state index in [1.54, 1.807) is 11.7 Å². The van der Waals surface area contributed by atoms with Gasteiger partial charge in [-0.15, -0.1) is 0 Å². The summed E-state index contributed by atoms with van der Waals surface area (Å²) < 4.78 is 1.59. The number of H-pyrrole nitrogens is 1. The molecule has 0 bridgehead atoms. The zero-order valence-corrected chi connectivity index (χ0v) is 15.7. The fourth-order valence-corrected chi connectivity index (χ4v) is 3.45. The predicted molar refractivity (Wildman–Crippen MR) is 107 cm³/mol. The summed E-state index contributed by atoms with van der Waals surface area (Å²) in [6.45, 7) is 1.98. The van der Waals surface area contributed by atoms with Crippen molar-refractivity contribution in [1.82, 2.24) is 24.6 Å². The number of nitrogens with zero attached hydrogens (tertiary/aromatic N) is 4. The van der Waals surface area contributed by atoms with Gasteiger partial charge in [-0.3, -0.25) is 24.2 Å². The van der Waals surface area contributed by atoms with Crippen LogP contribution in [0.15, 0.2) is 41.3 Å². The first kappa shape index (κ1) is 18.2. The highest BCUT2D eigenvalue weighted by Gasteiger charge is 2.21. The fraction of sp³-hybridized carbons (Fsp3) is 0.368. The minimum Gasteiger partial charge on any atom is -0.353 e. The molecule has 9 heteroatoms. The Morgan fingerprint density at radius 3 is 2.75 bits per heavy atom. The molecule has 28 heavy (non-hydrogen) atoms. The molecule has 3 heterocycles. The molecule has 1 aliphatic heterocycles. The Bertz CT molecular complexity index is 1020. The van der Waals surface area contributed by atoms with Gasteiger partial charge in [0.25, 0.3) is 5.56 Å². The molecule has 0 spiro atoms. The number of piperidine rings is 1. The van der Waals surface area contributed by atoms with E-state index in [-0.39, 0.29) is 17.5 Å². The number of fused-ring (bicyclic) bond motifs is 1. The summed E-state index contributed by atoms with van der Waals surface area (Å²) in [5, 5.41) is 10.8. The smallest absolute Gasteiger partial charge is 0.263 e. The van der Waals surface area contributed by atoms with Crippen LogP contribution in [0.4, 0.5) is 11.6 Å². The maximum Gasteiger partial charge on any atom is 0.263 e. The third kappa shape index (κ3) is 4.04. The molecule has 0 unspecified atom stereocenters. The molecule has 3 N–H and O–H groups in total. The lowest BCUT2D eigenvalue weighted by molar-refractivity contribution is -0.117. The van der Waals surface area contributed by atoms with Crippen LogP contribution in [0.2, 0.25) is 0 Å². The first-order valence-corrected chi connectivity index (χ1v) is 9.34. The zero-order chi connectivity index (χ0) is 19.5. The van der Waals surface area contributed by atoms with Crippen molar-refractivity contribution in [2.45, 2.75) is 18.9 Å². The Hall–Kier alpha value is -3.20. The molecule has 1 saturated heterocycles. The van der Waals surface area contributed by atoms with Crippen molar-refractivity contribution in [1.29, 1.82) is 0 Å². The maximum atomic E-state index is 12.2. The number of carbonyl (C=O) groups excluding carboxylic acids is 1. The van der Waals surface area contributed by atoms with Crippen LogP contribution in [0.3, 0.4) is 0 Å². The second-order valence-electron chi connectivity index (χ2n) is 7.03. The molecule has 2 aromatic heterocycles. The third-order valence-electron chi connectivity index (χ3n) is 4.95. The van der Waals surface area contributed by atoms with Crippen molar-refractivity contribution in [2.24, 2.45) is 7.05 Å². The molecule has 0 atom stereocenters. The van der Waals surface area contributed by atoms with Gasteiger partial charge < -0.3 is 10.6 Å². The standard InChI is InChI=1S/C19H23N7O2/c1-25-17-15(11-20-25)18(28)24-19(23-17)22-14-7-9-26(10-8-14)12-16(27)21-13-5-3-2-4-6-13/h2-6,11,14H,7-10,12H2,1H3,(H,21,27)(H2,22,23,24,28). The summed E-state index contributed by atoms with van der Waals surface area (Å²) in [5.74, 6) is 0.451. The summed E-state index contributed by atoms with van der Waals surface area (Å²) in [6.07, 6.45) is 3.25. The lowest BCUT2D eigenvalue weighted by Gasteiger charge is -2.31. The van der Waals surface area contributed by atoms with Crippen molar-refractivity contribution in [3.8, 4) is 0 Å². The van der Waals surface area contributed by atoms with Gasteiger partial charge in [-0.25, -0.2) is 0 Å². The SMILES string of the molecule is Cn1ncc2c(=O)[nH]c(NC3CCN(CC(=O)Nc4ccccc4)CC3)nc21. The number of aromatic amines is 1. The van der Waals surface area contributed by atoms with Gasteiger partial charge in [-0.2, -0.15) is 10.1 Å². The van der Waals surface area contributed by atoms with Crippen LogP contribution in [0.25, 0.3) is 11.0 Å². The first-order valence-electron chi connectivity index (χ1n) is 9.34. The van der Waals surface area contributed by atoms with Gasteiger partial charge in [0.1, 0.15) is 5.39 Å². The number of rotatable bonds is 5. The molecule has 0 aliphatic carbocycles. The van der Waals surface area contributed by atoms with Gasteiger partial charge in [0.2, 0.25) is 11.9 Å². The molecule has 4 rings (SSSR count). The highest BCUT2D eigenvalue weighted by Crippen LogP contribution is 2.15. The lowest BCUT2D eigenvalue weighted by Crippen LogP contribution is -2.43. The number of benzene rings is 1. The van der Waals surface area contributed by atoms with Gasteiger partial charge >= 0.3 is 0 Å². The number of likely N-dealkylation sites (tertiary alicyclic amines) is 1. The molecular formula is C19H23N7O2. The Labute approximate surface area is 161 Å². The van der Waals surface area contributed by atoms with E-state index < -0.39 is 0 Å². The summed E-state index contributed by atoms with van der Waals surface area (Å²) in [4.78, 5) is 33.7. The lowest BCUT2D eigenvalue weighted by atomic mass is 10.1. The molecule has 0 saturated carbocycles. The highest BCUT2D eigenvalue weighted by molar-refractivity contribution is 5.92. The van der Waals surface area contributed by atoms with Gasteiger partial charge in [0.15, 0.2) is 5.65 Å². The summed E-state index contributed by atoms with van der Waals surface area (Å²) >= 11 is 0. The van der Waals surface area contributed by atoms with Crippen molar-refractivity contribution in [3.05, 3.63) is 46.9 Å². The van der Waals surface area contributed by atoms with Crippen LogP contribution in [0.5, 0.6) is 0 Å². The van der Waals surface area contributed by atoms with Crippen LogP contribution in [0.1, 0.15) is 12.8 Å². The molecule has 1 aromatic carbocycles. The minimum absolute atomic E-state index is 0.00901. The molecular weight excluding hydrogens is 358 g/mol. The van der Waals surface area contributed by atoms with Crippen LogP contribution in [0, 0.1) is 0 Å². The van der Waals surface area contributed by atoms with E-state index in [2.05, 4.69) is 30.6 Å². The largest absolute Gasteiger partial charge is 0.353 e. The summed E-state index contributed by atoms with van der Waals surface area (Å²) in [6, 6.07) is 9.66. The van der Waals surface area contributed by atoms with Crippen molar-refractivity contribution in [2.75, 3.05) is 30.3 Å². The fourth-order valence-electron chi connectivity index (χ4n) is 3.45. The van der Waals surface area contributed by atoms with E-state index in [1.165, 1.54) is 6.20 Å². The van der Waals surface area contributed by atoms with Gasteiger partial charge in [0.05, 0.1) is 12.7 Å². The van der Waals surface area contributed by atoms with E-state index in [0.29, 0.717) is 23.5 Å². The Kier molecular flexibility index (Phi) is 5.07. The summed E-state index contributed by atoms with van der Waals surface area (Å²) in [5.41, 5.74) is 1.17. The van der Waals surface area contributed by atoms with Crippen LogP contribution < -0.4 is 16.2 Å². The zero-order valence-electron chi connectivity index (χ0n) is 15.7. The van der Waals surface area contributed by atoms with E-state index in [9.17, 15) is 9.59 Å². The average molecular weight is 381 g/mol. The number of aryl methyl sites for hydroxylation is 1. The Balaban J connectivity index is 1.30. The number of carbonyl (C=O) groups is 1. The van der Waals surface area contributed by atoms with Crippen LogP contribution >= 0.6 is 0 Å². The highest BCUT2D eigenvalue weighted by atomic mass is 16.2. The quantitative estimate of drug-likeness (QED) is 0.612. The topological polar surface area (TPSA) is 108 Å². The van der Waals surface area contributed by atoms with Crippen molar-refractivity contribution >= 4 is 28.6 Å². The normalized spacial score (nSPS) is 15.6. The number of anilines is 2.